The summed E-state index contributed by atoms with van der Waals surface area (Å²) in [5, 5.41) is 0. The van der Waals surface area contributed by atoms with Gasteiger partial charge >= 0.3 is 0 Å². The third kappa shape index (κ3) is 7.97. The lowest BCUT2D eigenvalue weighted by atomic mass is 10.1. The van der Waals surface area contributed by atoms with E-state index in [0.717, 1.165) is 25.7 Å². The van der Waals surface area contributed by atoms with Crippen LogP contribution >= 0.6 is 0 Å². The Balaban J connectivity index is 2.24. The van der Waals surface area contributed by atoms with Crippen LogP contribution in [0.2, 0.25) is 0 Å². The second kappa shape index (κ2) is 13.8. The minimum Gasteiger partial charge on any atom is -0.487 e. The van der Waals surface area contributed by atoms with Crippen LogP contribution in [0.25, 0.3) is 0 Å². The Hall–Kier alpha value is -1.31. The normalized spacial score (nSPS) is 11.4. The van der Waals surface area contributed by atoms with Gasteiger partial charge in [0.25, 0.3) is 0 Å². The number of ether oxygens (including phenoxy) is 1. The molecule has 3 nitrogen and oxygen atoms in total. The van der Waals surface area contributed by atoms with Crippen molar-refractivity contribution in [3.05, 3.63) is 23.3 Å². The van der Waals surface area contributed by atoms with Gasteiger partial charge in [0.1, 0.15) is 4.90 Å². The Morgan fingerprint density at radius 1 is 0.643 bits per heavy atom. The largest absolute Gasteiger partial charge is 0.487 e. The molecule has 0 radical (unpaired) electrons. The number of thiol groups is 1. The first-order valence-electron chi connectivity index (χ1n) is 10.0. The number of halogens is 4. The molecule has 0 N–H and O–H groups in total. The highest BCUT2D eigenvalue weighted by molar-refractivity contribution is 7.72. The van der Waals surface area contributed by atoms with Gasteiger partial charge in [-0.2, -0.15) is 8.78 Å². The average Bonchev–Trinajstić information content (AvgIpc) is 2.66. The van der Waals surface area contributed by atoms with Crippen molar-refractivity contribution < 1.29 is 30.7 Å². The zero-order chi connectivity index (χ0) is 20.9. The van der Waals surface area contributed by atoms with Crippen LogP contribution in [-0.2, 0) is 10.7 Å². The molecule has 0 spiro atoms. The molecule has 0 saturated carbocycles. The average molecular weight is 427 g/mol. The van der Waals surface area contributed by atoms with E-state index < -0.39 is 44.6 Å². The summed E-state index contributed by atoms with van der Waals surface area (Å²) < 4.78 is 80.9. The van der Waals surface area contributed by atoms with Gasteiger partial charge in [0.2, 0.25) is 11.6 Å². The van der Waals surface area contributed by atoms with Gasteiger partial charge in [-0.15, -0.1) is 0 Å². The third-order valence-electron chi connectivity index (χ3n) is 4.63. The summed E-state index contributed by atoms with van der Waals surface area (Å²) in [5.41, 5.74) is 0. The monoisotopic (exact) mass is 426 g/mol. The Bertz CT molecular complexity index is 641. The van der Waals surface area contributed by atoms with Crippen LogP contribution in [0.5, 0.6) is 5.75 Å². The van der Waals surface area contributed by atoms with Gasteiger partial charge in [-0.25, -0.2) is 17.2 Å². The second-order valence-electron chi connectivity index (χ2n) is 6.93. The zero-order valence-corrected chi connectivity index (χ0v) is 17.3. The number of unbranched alkanes of at least 4 members (excludes halogenated alkanes) is 11. The molecule has 0 heterocycles. The summed E-state index contributed by atoms with van der Waals surface area (Å²) >= 11 is 0. The van der Waals surface area contributed by atoms with Crippen LogP contribution in [-0.4, -0.2) is 15.0 Å². The van der Waals surface area contributed by atoms with Crippen molar-refractivity contribution in [2.75, 3.05) is 6.61 Å². The Kier molecular flexibility index (Phi) is 12.2. The molecule has 1 aromatic carbocycles. The molecule has 0 amide bonds. The van der Waals surface area contributed by atoms with E-state index in [4.69, 9.17) is 4.74 Å². The highest BCUT2D eigenvalue weighted by atomic mass is 32.2. The van der Waals surface area contributed by atoms with Crippen molar-refractivity contribution in [1.29, 1.82) is 0 Å². The molecule has 0 saturated heterocycles. The predicted molar refractivity (Wildman–Crippen MR) is 101 cm³/mol. The molecule has 0 aliphatic heterocycles. The number of rotatable bonds is 15. The van der Waals surface area contributed by atoms with Gasteiger partial charge in [-0.05, 0) is 6.42 Å². The summed E-state index contributed by atoms with van der Waals surface area (Å²) in [6.07, 6.45) is 13.3. The highest BCUT2D eigenvalue weighted by Crippen LogP contribution is 2.31. The highest BCUT2D eigenvalue weighted by Gasteiger charge is 2.28. The summed E-state index contributed by atoms with van der Waals surface area (Å²) in [7, 11) is -3.80. The minimum absolute atomic E-state index is 0.104. The summed E-state index contributed by atoms with van der Waals surface area (Å²) in [5.74, 6) is -8.78. The molecule has 0 aromatic heterocycles. The van der Waals surface area contributed by atoms with Crippen LogP contribution < -0.4 is 4.74 Å². The molecule has 0 fully saturated rings. The van der Waals surface area contributed by atoms with Gasteiger partial charge in [0.15, 0.2) is 28.1 Å². The fourth-order valence-electron chi connectivity index (χ4n) is 3.00. The molecule has 0 unspecified atom stereocenters. The lowest BCUT2D eigenvalue weighted by Gasteiger charge is -2.11. The Labute approximate surface area is 166 Å². The standard InChI is InChI=1S/C20H30F4O3S/c1-2-3-4-5-6-7-8-9-10-11-12-13-14-27-19-15(21)17(23)20(28(25)26)18(24)16(19)22/h28H,2-14H2,1H3. The summed E-state index contributed by atoms with van der Waals surface area (Å²) in [6, 6.07) is 0. The van der Waals surface area contributed by atoms with Gasteiger partial charge in [-0.1, -0.05) is 77.6 Å². The smallest absolute Gasteiger partial charge is 0.205 e. The van der Waals surface area contributed by atoms with Crippen LogP contribution in [0, 0.1) is 23.3 Å². The maximum atomic E-state index is 13.7. The fraction of sp³-hybridized carbons (Fsp3) is 0.700. The van der Waals surface area contributed by atoms with Gasteiger partial charge in [-0.3, -0.25) is 0 Å². The number of hydrogen-bond acceptors (Lipinski definition) is 3. The molecule has 0 atom stereocenters. The second-order valence-corrected chi connectivity index (χ2v) is 7.89. The van der Waals surface area contributed by atoms with Gasteiger partial charge in [0, 0.05) is 0 Å². The van der Waals surface area contributed by atoms with E-state index in [1.54, 1.807) is 0 Å². The molecule has 1 aromatic rings. The minimum atomic E-state index is -3.80. The fourth-order valence-corrected chi connectivity index (χ4v) is 3.52. The van der Waals surface area contributed by atoms with Gasteiger partial charge in [0.05, 0.1) is 6.61 Å². The summed E-state index contributed by atoms with van der Waals surface area (Å²) in [6.45, 7) is 2.09. The quantitative estimate of drug-likeness (QED) is 0.155. The van der Waals surface area contributed by atoms with E-state index in [1.165, 1.54) is 44.9 Å². The lowest BCUT2D eigenvalue weighted by molar-refractivity contribution is 0.259. The molecule has 162 valence electrons. The van der Waals surface area contributed by atoms with Gasteiger partial charge < -0.3 is 4.74 Å². The van der Waals surface area contributed by atoms with Crippen molar-refractivity contribution in [1.82, 2.24) is 0 Å². The van der Waals surface area contributed by atoms with Crippen LogP contribution in [0.3, 0.4) is 0 Å². The van der Waals surface area contributed by atoms with Crippen LogP contribution in [0.1, 0.15) is 84.0 Å². The first kappa shape index (κ1) is 24.7. The van der Waals surface area contributed by atoms with E-state index in [9.17, 15) is 26.0 Å². The predicted octanol–water partition coefficient (Wildman–Crippen LogP) is 6.29. The third-order valence-corrected chi connectivity index (χ3v) is 5.38. The molecule has 1 rings (SSSR count). The molecule has 0 aliphatic carbocycles. The van der Waals surface area contributed by atoms with Crippen molar-refractivity contribution >= 4 is 10.7 Å². The lowest BCUT2D eigenvalue weighted by Crippen LogP contribution is -2.08. The van der Waals surface area contributed by atoms with E-state index in [0.29, 0.717) is 6.42 Å². The van der Waals surface area contributed by atoms with Crippen LogP contribution in [0.4, 0.5) is 17.6 Å². The molecular weight excluding hydrogens is 396 g/mol. The molecule has 8 heteroatoms. The van der Waals surface area contributed by atoms with E-state index in [2.05, 4.69) is 6.92 Å². The molecular formula is C20H30F4O3S. The van der Waals surface area contributed by atoms with Crippen molar-refractivity contribution in [2.24, 2.45) is 0 Å². The Morgan fingerprint density at radius 2 is 1.04 bits per heavy atom. The number of benzene rings is 1. The molecule has 0 bridgehead atoms. The van der Waals surface area contributed by atoms with Crippen molar-refractivity contribution in [3.63, 3.8) is 0 Å². The number of hydrogen-bond donors (Lipinski definition) is 1. The van der Waals surface area contributed by atoms with E-state index in [1.807, 2.05) is 0 Å². The molecule has 28 heavy (non-hydrogen) atoms. The Morgan fingerprint density at radius 3 is 1.43 bits per heavy atom. The topological polar surface area (TPSA) is 43.4 Å². The first-order chi connectivity index (χ1) is 13.4. The van der Waals surface area contributed by atoms with E-state index >= 15 is 0 Å². The molecule has 0 aliphatic rings. The maximum absolute atomic E-state index is 13.7. The summed E-state index contributed by atoms with van der Waals surface area (Å²) in [4.78, 5) is -1.62. The van der Waals surface area contributed by atoms with Crippen molar-refractivity contribution in [3.8, 4) is 5.75 Å². The maximum Gasteiger partial charge on any atom is 0.205 e. The van der Waals surface area contributed by atoms with E-state index in [-0.39, 0.29) is 6.61 Å². The SMILES string of the molecule is CCCCCCCCCCCCCCOc1c(F)c(F)c([SH](=O)=O)c(F)c1F. The first-order valence-corrected chi connectivity index (χ1v) is 11.2. The van der Waals surface area contributed by atoms with Crippen molar-refractivity contribution in [2.45, 2.75) is 88.9 Å². The zero-order valence-electron chi connectivity index (χ0n) is 16.4. The van der Waals surface area contributed by atoms with Crippen LogP contribution in [0.15, 0.2) is 4.90 Å².